The van der Waals surface area contributed by atoms with E-state index >= 15 is 0 Å². The molecule has 0 radical (unpaired) electrons. The van der Waals surface area contributed by atoms with Gasteiger partial charge in [-0.2, -0.15) is 0 Å². The molecule has 0 aliphatic carbocycles. The molecule has 1 saturated heterocycles. The van der Waals surface area contributed by atoms with Gasteiger partial charge in [0.25, 0.3) is 0 Å². The average Bonchev–Trinajstić information content (AvgIpc) is 2.19. The van der Waals surface area contributed by atoms with Crippen molar-refractivity contribution in [1.82, 2.24) is 10.2 Å². The van der Waals surface area contributed by atoms with Gasteiger partial charge in [-0.05, 0) is 27.2 Å². The zero-order chi connectivity index (χ0) is 12.3. The largest absolute Gasteiger partial charge is 0.352 e. The predicted molar refractivity (Wildman–Crippen MR) is 61.7 cm³/mol. The van der Waals surface area contributed by atoms with Crippen LogP contribution in [0.15, 0.2) is 0 Å². The number of nitrogens with one attached hydrogen (secondary N) is 1. The Morgan fingerprint density at radius 3 is 2.69 bits per heavy atom. The Labute approximate surface area is 96.4 Å². The highest BCUT2D eigenvalue weighted by molar-refractivity contribution is 5.87. The first-order valence-corrected chi connectivity index (χ1v) is 5.77. The lowest BCUT2D eigenvalue weighted by Gasteiger charge is -2.34. The van der Waals surface area contributed by atoms with Gasteiger partial charge in [0, 0.05) is 25.0 Å². The van der Waals surface area contributed by atoms with Crippen molar-refractivity contribution in [2.24, 2.45) is 5.73 Å². The Morgan fingerprint density at radius 2 is 2.12 bits per heavy atom. The van der Waals surface area contributed by atoms with Gasteiger partial charge in [0.1, 0.15) is 6.04 Å². The summed E-state index contributed by atoms with van der Waals surface area (Å²) >= 11 is 0. The molecule has 1 fully saturated rings. The molecule has 2 amide bonds. The van der Waals surface area contributed by atoms with Gasteiger partial charge in [0.2, 0.25) is 11.8 Å². The highest BCUT2D eigenvalue weighted by Crippen LogP contribution is 2.13. The Morgan fingerprint density at radius 1 is 1.50 bits per heavy atom. The minimum absolute atomic E-state index is 0.00741. The van der Waals surface area contributed by atoms with E-state index in [4.69, 9.17) is 5.73 Å². The van der Waals surface area contributed by atoms with Crippen molar-refractivity contribution in [3.8, 4) is 0 Å². The maximum atomic E-state index is 11.8. The standard InChI is InChI=1S/C11H21N3O2/c1-7(2)13-11(16)8(3)14-6-9(12)4-5-10(14)15/h7-9H,4-6,12H2,1-3H3,(H,13,16)/t8-,9-/m1/s1. The van der Waals surface area contributed by atoms with E-state index < -0.39 is 6.04 Å². The molecule has 3 N–H and O–H groups in total. The monoisotopic (exact) mass is 227 g/mol. The molecule has 1 aliphatic heterocycles. The molecule has 1 rings (SSSR count). The van der Waals surface area contributed by atoms with Gasteiger partial charge in [0.05, 0.1) is 0 Å². The molecule has 0 aromatic rings. The van der Waals surface area contributed by atoms with Crippen molar-refractivity contribution < 1.29 is 9.59 Å². The van der Waals surface area contributed by atoms with E-state index in [0.717, 1.165) is 0 Å². The van der Waals surface area contributed by atoms with Gasteiger partial charge in [-0.25, -0.2) is 0 Å². The fraction of sp³-hybridized carbons (Fsp3) is 0.818. The molecule has 16 heavy (non-hydrogen) atoms. The molecule has 1 aliphatic rings. The van der Waals surface area contributed by atoms with Crippen LogP contribution in [0.1, 0.15) is 33.6 Å². The van der Waals surface area contributed by atoms with Gasteiger partial charge in [-0.15, -0.1) is 0 Å². The molecule has 92 valence electrons. The molecule has 0 spiro atoms. The lowest BCUT2D eigenvalue weighted by Crippen LogP contribution is -2.55. The zero-order valence-corrected chi connectivity index (χ0v) is 10.2. The molecule has 0 aromatic heterocycles. The van der Waals surface area contributed by atoms with Crippen molar-refractivity contribution >= 4 is 11.8 Å². The minimum atomic E-state index is -0.429. The molecule has 0 bridgehead atoms. The van der Waals surface area contributed by atoms with Gasteiger partial charge < -0.3 is 16.0 Å². The summed E-state index contributed by atoms with van der Waals surface area (Å²) < 4.78 is 0. The topological polar surface area (TPSA) is 75.4 Å². The summed E-state index contributed by atoms with van der Waals surface area (Å²) in [6.45, 7) is 6.02. The predicted octanol–water partition coefficient (Wildman–Crippen LogP) is -0.151. The highest BCUT2D eigenvalue weighted by atomic mass is 16.2. The van der Waals surface area contributed by atoms with E-state index in [-0.39, 0.29) is 23.9 Å². The van der Waals surface area contributed by atoms with E-state index in [2.05, 4.69) is 5.32 Å². The second-order valence-electron chi connectivity index (χ2n) is 4.68. The van der Waals surface area contributed by atoms with E-state index in [9.17, 15) is 9.59 Å². The summed E-state index contributed by atoms with van der Waals surface area (Å²) in [6, 6.07) is -0.350. The van der Waals surface area contributed by atoms with Crippen LogP contribution in [0, 0.1) is 0 Å². The van der Waals surface area contributed by atoms with E-state index in [1.807, 2.05) is 13.8 Å². The number of carbonyl (C=O) groups is 2. The van der Waals surface area contributed by atoms with Crippen molar-refractivity contribution in [3.05, 3.63) is 0 Å². The number of carbonyl (C=O) groups excluding carboxylic acids is 2. The number of hydrogen-bond acceptors (Lipinski definition) is 3. The SMILES string of the molecule is CC(C)NC(=O)[C@@H](C)N1C[C@H](N)CCC1=O. The second-order valence-corrected chi connectivity index (χ2v) is 4.68. The summed E-state index contributed by atoms with van der Waals surface area (Å²) in [5, 5.41) is 2.80. The normalized spacial score (nSPS) is 23.4. The van der Waals surface area contributed by atoms with Gasteiger partial charge >= 0.3 is 0 Å². The second kappa shape index (κ2) is 5.30. The molecule has 5 heteroatoms. The van der Waals surface area contributed by atoms with Gasteiger partial charge in [-0.3, -0.25) is 9.59 Å². The van der Waals surface area contributed by atoms with Crippen LogP contribution in [0.5, 0.6) is 0 Å². The lowest BCUT2D eigenvalue weighted by atomic mass is 10.0. The van der Waals surface area contributed by atoms with E-state index in [1.54, 1.807) is 11.8 Å². The maximum absolute atomic E-state index is 11.8. The first-order valence-electron chi connectivity index (χ1n) is 5.77. The number of nitrogens with two attached hydrogens (primary N) is 1. The highest BCUT2D eigenvalue weighted by Gasteiger charge is 2.30. The van der Waals surface area contributed by atoms with E-state index in [1.165, 1.54) is 0 Å². The number of amides is 2. The Balaban J connectivity index is 2.60. The van der Waals surface area contributed by atoms with Crippen LogP contribution in [0.3, 0.4) is 0 Å². The third-order valence-corrected chi connectivity index (χ3v) is 2.76. The summed E-state index contributed by atoms with van der Waals surface area (Å²) in [7, 11) is 0. The summed E-state index contributed by atoms with van der Waals surface area (Å²) in [5.41, 5.74) is 5.80. The number of likely N-dealkylation sites (tertiary alicyclic amines) is 1. The van der Waals surface area contributed by atoms with Crippen molar-refractivity contribution in [3.63, 3.8) is 0 Å². The Hall–Kier alpha value is -1.10. The van der Waals surface area contributed by atoms with Crippen LogP contribution in [0.4, 0.5) is 0 Å². The zero-order valence-electron chi connectivity index (χ0n) is 10.2. The molecule has 1 heterocycles. The van der Waals surface area contributed by atoms with Crippen molar-refractivity contribution in [2.75, 3.05) is 6.54 Å². The van der Waals surface area contributed by atoms with Crippen LogP contribution in [0.25, 0.3) is 0 Å². The minimum Gasteiger partial charge on any atom is -0.352 e. The van der Waals surface area contributed by atoms with Crippen molar-refractivity contribution in [1.29, 1.82) is 0 Å². The van der Waals surface area contributed by atoms with Crippen LogP contribution in [-0.4, -0.2) is 41.4 Å². The molecule has 2 atom stereocenters. The fourth-order valence-electron chi connectivity index (χ4n) is 1.82. The van der Waals surface area contributed by atoms with E-state index in [0.29, 0.717) is 19.4 Å². The molecular weight excluding hydrogens is 206 g/mol. The molecule has 0 saturated carbocycles. The van der Waals surface area contributed by atoms with Gasteiger partial charge in [0.15, 0.2) is 0 Å². The molecular formula is C11H21N3O2. The maximum Gasteiger partial charge on any atom is 0.242 e. The number of piperidine rings is 1. The number of hydrogen-bond donors (Lipinski definition) is 2. The molecule has 0 aromatic carbocycles. The number of rotatable bonds is 3. The first kappa shape index (κ1) is 13.0. The quantitative estimate of drug-likeness (QED) is 0.704. The third kappa shape index (κ3) is 3.20. The third-order valence-electron chi connectivity index (χ3n) is 2.76. The smallest absolute Gasteiger partial charge is 0.242 e. The summed E-state index contributed by atoms with van der Waals surface area (Å²) in [5.74, 6) is -0.0921. The molecule has 0 unspecified atom stereocenters. The fourth-order valence-corrected chi connectivity index (χ4v) is 1.82. The van der Waals surface area contributed by atoms with Crippen LogP contribution >= 0.6 is 0 Å². The van der Waals surface area contributed by atoms with Gasteiger partial charge in [-0.1, -0.05) is 0 Å². The summed E-state index contributed by atoms with van der Waals surface area (Å²) in [4.78, 5) is 25.0. The summed E-state index contributed by atoms with van der Waals surface area (Å²) in [6.07, 6.45) is 1.16. The molecule has 5 nitrogen and oxygen atoms in total. The van der Waals surface area contributed by atoms with Crippen molar-refractivity contribution in [2.45, 2.75) is 51.7 Å². The first-order chi connectivity index (χ1) is 7.41. The Kier molecular flexibility index (Phi) is 4.29. The van der Waals surface area contributed by atoms with Crippen LogP contribution < -0.4 is 11.1 Å². The lowest BCUT2D eigenvalue weighted by molar-refractivity contribution is -0.142. The van der Waals surface area contributed by atoms with Crippen LogP contribution in [0.2, 0.25) is 0 Å². The average molecular weight is 227 g/mol. The van der Waals surface area contributed by atoms with Crippen LogP contribution in [-0.2, 0) is 9.59 Å². The Bertz CT molecular complexity index is 278. The number of nitrogens with zero attached hydrogens (tertiary/aromatic N) is 1.